The highest BCUT2D eigenvalue weighted by Gasteiger charge is 2.12. The number of carboxylic acid groups (broad SMARTS) is 1. The molecule has 0 aromatic carbocycles. The van der Waals surface area contributed by atoms with E-state index < -0.39 is 5.97 Å². The van der Waals surface area contributed by atoms with Crippen LogP contribution in [0, 0.1) is 6.92 Å². The minimum Gasteiger partial charge on any atom is -0.481 e. The molecule has 0 spiro atoms. The van der Waals surface area contributed by atoms with E-state index in [-0.39, 0.29) is 6.42 Å². The molecule has 0 aliphatic carbocycles. The number of carbonyl (C=O) groups is 1. The Morgan fingerprint density at radius 2 is 2.17 bits per heavy atom. The molecule has 1 heterocycles. The Hall–Kier alpha value is -1.52. The van der Waals surface area contributed by atoms with Crippen molar-refractivity contribution in [2.75, 3.05) is 18.0 Å². The summed E-state index contributed by atoms with van der Waals surface area (Å²) < 4.78 is 5.04. The molecule has 0 unspecified atom stereocenters. The Kier molecular flexibility index (Phi) is 6.25. The maximum absolute atomic E-state index is 10.6. The molecule has 1 rings (SSSR count). The monoisotopic (exact) mass is 254 g/mol. The molecule has 0 aliphatic heterocycles. The van der Waals surface area contributed by atoms with Gasteiger partial charge in [-0.25, -0.2) is 0 Å². The van der Waals surface area contributed by atoms with Crippen LogP contribution < -0.4 is 4.90 Å². The Bertz CT molecular complexity index is 363. The van der Waals surface area contributed by atoms with E-state index >= 15 is 0 Å². The van der Waals surface area contributed by atoms with Gasteiger partial charge in [-0.2, -0.15) is 0 Å². The number of hydrogen-bond donors (Lipinski definition) is 1. The molecular weight excluding hydrogens is 232 g/mol. The van der Waals surface area contributed by atoms with Crippen LogP contribution in [0.5, 0.6) is 0 Å². The van der Waals surface area contributed by atoms with Gasteiger partial charge in [0.1, 0.15) is 5.76 Å². The number of hydrogen-bond acceptors (Lipinski definition) is 4. The first-order chi connectivity index (χ1) is 8.63. The fraction of sp³-hybridized carbons (Fsp3) is 0.692. The van der Waals surface area contributed by atoms with Crippen molar-refractivity contribution in [2.45, 2.75) is 46.0 Å². The molecule has 5 heteroatoms. The van der Waals surface area contributed by atoms with Gasteiger partial charge in [0.2, 0.25) is 0 Å². The standard InChI is InChI=1S/C13H22N2O3/c1-3-4-5-6-8-15(9-7-13(16)17)12-10-11(2)18-14-12/h10H,3-9H2,1-2H3,(H,16,17). The molecule has 102 valence electrons. The summed E-state index contributed by atoms with van der Waals surface area (Å²) in [4.78, 5) is 12.6. The normalized spacial score (nSPS) is 10.6. The molecule has 1 N–H and O–H groups in total. The number of carboxylic acids is 1. The number of anilines is 1. The molecule has 5 nitrogen and oxygen atoms in total. The lowest BCUT2D eigenvalue weighted by Crippen LogP contribution is -2.27. The minimum absolute atomic E-state index is 0.125. The SMILES string of the molecule is CCCCCCN(CCC(=O)O)c1cc(C)on1. The number of aromatic nitrogens is 1. The summed E-state index contributed by atoms with van der Waals surface area (Å²) in [5.74, 6) is 0.706. The van der Waals surface area contributed by atoms with E-state index in [4.69, 9.17) is 9.63 Å². The van der Waals surface area contributed by atoms with Crippen molar-refractivity contribution in [2.24, 2.45) is 0 Å². The first-order valence-corrected chi connectivity index (χ1v) is 6.53. The van der Waals surface area contributed by atoms with Gasteiger partial charge < -0.3 is 14.5 Å². The lowest BCUT2D eigenvalue weighted by Gasteiger charge is -2.20. The highest BCUT2D eigenvalue weighted by Crippen LogP contribution is 2.15. The van der Waals surface area contributed by atoms with Gasteiger partial charge in [-0.15, -0.1) is 0 Å². The van der Waals surface area contributed by atoms with Crippen LogP contribution in [0.1, 0.15) is 44.8 Å². The van der Waals surface area contributed by atoms with Gasteiger partial charge in [-0.3, -0.25) is 4.79 Å². The van der Waals surface area contributed by atoms with Crippen LogP contribution in [-0.2, 0) is 4.79 Å². The molecule has 0 aliphatic rings. The van der Waals surface area contributed by atoms with E-state index in [1.54, 1.807) is 0 Å². The quantitative estimate of drug-likeness (QED) is 0.686. The molecule has 0 fully saturated rings. The van der Waals surface area contributed by atoms with Crippen LogP contribution in [0.4, 0.5) is 5.82 Å². The summed E-state index contributed by atoms with van der Waals surface area (Å²) in [6, 6.07) is 1.85. The summed E-state index contributed by atoms with van der Waals surface area (Å²) in [6.07, 6.45) is 4.75. The average Bonchev–Trinajstić information content (AvgIpc) is 2.74. The highest BCUT2D eigenvalue weighted by molar-refractivity contribution is 5.67. The molecule has 18 heavy (non-hydrogen) atoms. The van der Waals surface area contributed by atoms with Gasteiger partial charge in [0.25, 0.3) is 0 Å². The first-order valence-electron chi connectivity index (χ1n) is 6.53. The first kappa shape index (κ1) is 14.5. The minimum atomic E-state index is -0.784. The van der Waals surface area contributed by atoms with Gasteiger partial charge in [0.15, 0.2) is 5.82 Å². The van der Waals surface area contributed by atoms with E-state index in [0.29, 0.717) is 6.54 Å². The number of aryl methyl sites for hydroxylation is 1. The summed E-state index contributed by atoms with van der Waals surface area (Å²) in [5.41, 5.74) is 0. The van der Waals surface area contributed by atoms with Crippen molar-refractivity contribution in [1.82, 2.24) is 5.16 Å². The van der Waals surface area contributed by atoms with Crippen LogP contribution in [0.25, 0.3) is 0 Å². The fourth-order valence-electron chi connectivity index (χ4n) is 1.80. The third kappa shape index (κ3) is 5.21. The molecule has 0 amide bonds. The molecule has 0 bridgehead atoms. The number of unbranched alkanes of at least 4 members (excludes halogenated alkanes) is 3. The smallest absolute Gasteiger partial charge is 0.305 e. The van der Waals surface area contributed by atoms with Crippen molar-refractivity contribution in [3.05, 3.63) is 11.8 Å². The zero-order valence-corrected chi connectivity index (χ0v) is 11.2. The topological polar surface area (TPSA) is 66.6 Å². The predicted octanol–water partition coefficient (Wildman–Crippen LogP) is 2.84. The highest BCUT2D eigenvalue weighted by atomic mass is 16.5. The van der Waals surface area contributed by atoms with E-state index in [1.807, 2.05) is 17.9 Å². The van der Waals surface area contributed by atoms with Crippen molar-refractivity contribution in [3.63, 3.8) is 0 Å². The van der Waals surface area contributed by atoms with E-state index in [0.717, 1.165) is 31.0 Å². The van der Waals surface area contributed by atoms with Crippen LogP contribution in [0.3, 0.4) is 0 Å². The zero-order chi connectivity index (χ0) is 13.4. The molecule has 0 saturated carbocycles. The van der Waals surface area contributed by atoms with Gasteiger partial charge in [0, 0.05) is 19.2 Å². The van der Waals surface area contributed by atoms with E-state index in [1.165, 1.54) is 12.8 Å². The maximum Gasteiger partial charge on any atom is 0.305 e. The van der Waals surface area contributed by atoms with Gasteiger partial charge >= 0.3 is 5.97 Å². The van der Waals surface area contributed by atoms with Gasteiger partial charge in [-0.05, 0) is 13.3 Å². The lowest BCUT2D eigenvalue weighted by molar-refractivity contribution is -0.136. The number of nitrogens with zero attached hydrogens (tertiary/aromatic N) is 2. The fourth-order valence-corrected chi connectivity index (χ4v) is 1.80. The second-order valence-electron chi connectivity index (χ2n) is 4.49. The van der Waals surface area contributed by atoms with Crippen LogP contribution in [0.2, 0.25) is 0 Å². The third-order valence-corrected chi connectivity index (χ3v) is 2.82. The number of aliphatic carboxylic acids is 1. The third-order valence-electron chi connectivity index (χ3n) is 2.82. The van der Waals surface area contributed by atoms with Crippen LogP contribution >= 0.6 is 0 Å². The molecular formula is C13H22N2O3. The summed E-state index contributed by atoms with van der Waals surface area (Å²) >= 11 is 0. The predicted molar refractivity (Wildman–Crippen MR) is 69.8 cm³/mol. The van der Waals surface area contributed by atoms with Crippen molar-refractivity contribution >= 4 is 11.8 Å². The Morgan fingerprint density at radius 1 is 1.39 bits per heavy atom. The van der Waals surface area contributed by atoms with Gasteiger partial charge in [-0.1, -0.05) is 31.3 Å². The second kappa shape index (κ2) is 7.74. The van der Waals surface area contributed by atoms with E-state index in [9.17, 15) is 4.79 Å². The number of rotatable bonds is 9. The summed E-state index contributed by atoms with van der Waals surface area (Å²) in [7, 11) is 0. The second-order valence-corrected chi connectivity index (χ2v) is 4.49. The Labute approximate surface area is 108 Å². The largest absolute Gasteiger partial charge is 0.481 e. The van der Waals surface area contributed by atoms with Crippen molar-refractivity contribution < 1.29 is 14.4 Å². The Morgan fingerprint density at radius 3 is 2.72 bits per heavy atom. The van der Waals surface area contributed by atoms with Crippen LogP contribution in [-0.4, -0.2) is 29.3 Å². The lowest BCUT2D eigenvalue weighted by atomic mass is 10.2. The average molecular weight is 254 g/mol. The summed E-state index contributed by atoms with van der Waals surface area (Å²) in [5, 5.41) is 12.7. The molecule has 0 atom stereocenters. The van der Waals surface area contributed by atoms with Crippen molar-refractivity contribution in [1.29, 1.82) is 0 Å². The van der Waals surface area contributed by atoms with Crippen molar-refractivity contribution in [3.8, 4) is 0 Å². The Balaban J connectivity index is 2.49. The van der Waals surface area contributed by atoms with E-state index in [2.05, 4.69) is 12.1 Å². The van der Waals surface area contributed by atoms with Crippen LogP contribution in [0.15, 0.2) is 10.6 Å². The molecule has 0 radical (unpaired) electrons. The molecule has 1 aromatic heterocycles. The zero-order valence-electron chi connectivity index (χ0n) is 11.2. The maximum atomic E-state index is 10.6. The summed E-state index contributed by atoms with van der Waals surface area (Å²) in [6.45, 7) is 5.32. The molecule has 0 saturated heterocycles. The molecule has 1 aromatic rings. The van der Waals surface area contributed by atoms with Gasteiger partial charge in [0.05, 0.1) is 6.42 Å².